The van der Waals surface area contributed by atoms with Gasteiger partial charge in [0.15, 0.2) is 5.82 Å². The van der Waals surface area contributed by atoms with Gasteiger partial charge in [0.25, 0.3) is 5.89 Å². The molecule has 0 atom stereocenters. The average Bonchev–Trinajstić information content (AvgIpc) is 3.06. The highest BCUT2D eigenvalue weighted by molar-refractivity contribution is 5.50. The second-order valence-corrected chi connectivity index (χ2v) is 5.06. The highest BCUT2D eigenvalue weighted by Crippen LogP contribution is 2.18. The molecule has 0 fully saturated rings. The van der Waals surface area contributed by atoms with Crippen LogP contribution in [0.5, 0.6) is 0 Å². The van der Waals surface area contributed by atoms with Gasteiger partial charge in [-0.3, -0.25) is 4.68 Å². The Balaban J connectivity index is 1.87. The number of aryl methyl sites for hydroxylation is 3. The molecule has 0 bridgehead atoms. The van der Waals surface area contributed by atoms with Gasteiger partial charge in [-0.25, -0.2) is 9.97 Å². The third-order valence-corrected chi connectivity index (χ3v) is 3.20. The molecule has 0 saturated carbocycles. The van der Waals surface area contributed by atoms with Crippen molar-refractivity contribution in [3.8, 4) is 11.6 Å². The molecule has 0 radical (unpaired) electrons. The second-order valence-electron chi connectivity index (χ2n) is 5.06. The van der Waals surface area contributed by atoms with E-state index in [1.807, 2.05) is 37.7 Å². The summed E-state index contributed by atoms with van der Waals surface area (Å²) >= 11 is 0. The summed E-state index contributed by atoms with van der Waals surface area (Å²) in [5.74, 6) is 1.51. The largest absolute Gasteiger partial charge is 0.357 e. The summed E-state index contributed by atoms with van der Waals surface area (Å²) in [6, 6.07) is 3.82. The first kappa shape index (κ1) is 14.2. The van der Waals surface area contributed by atoms with Crippen molar-refractivity contribution in [3.05, 3.63) is 35.0 Å². The maximum atomic E-state index is 5.32. The van der Waals surface area contributed by atoms with Crippen LogP contribution in [0.25, 0.3) is 11.6 Å². The first-order valence-electron chi connectivity index (χ1n) is 6.91. The van der Waals surface area contributed by atoms with Crippen LogP contribution in [0.3, 0.4) is 0 Å². The van der Waals surface area contributed by atoms with Crippen molar-refractivity contribution >= 4 is 5.95 Å². The number of hydrogen-bond donors (Lipinski definition) is 1. The Hall–Kier alpha value is -2.77. The SMILES string of the molecule is CNc1nc(C)cc(-c2nc(Cc3cc(C)nn3C)no2)n1. The van der Waals surface area contributed by atoms with Gasteiger partial charge in [-0.05, 0) is 26.0 Å². The van der Waals surface area contributed by atoms with Gasteiger partial charge in [-0.2, -0.15) is 10.1 Å². The van der Waals surface area contributed by atoms with Crippen molar-refractivity contribution in [2.45, 2.75) is 20.3 Å². The topological polar surface area (TPSA) is 94.6 Å². The summed E-state index contributed by atoms with van der Waals surface area (Å²) in [6.45, 7) is 3.84. The normalized spacial score (nSPS) is 10.9. The molecule has 8 heteroatoms. The molecule has 0 amide bonds. The number of nitrogens with zero attached hydrogens (tertiary/aromatic N) is 6. The minimum absolute atomic E-state index is 0.385. The van der Waals surface area contributed by atoms with Crippen LogP contribution in [0.1, 0.15) is 22.9 Å². The van der Waals surface area contributed by atoms with Crippen molar-refractivity contribution < 1.29 is 4.52 Å². The summed E-state index contributed by atoms with van der Waals surface area (Å²) in [6.07, 6.45) is 0.559. The molecule has 3 aromatic heterocycles. The quantitative estimate of drug-likeness (QED) is 0.780. The molecule has 0 aliphatic rings. The third kappa shape index (κ3) is 2.80. The Morgan fingerprint density at radius 2 is 1.95 bits per heavy atom. The molecule has 22 heavy (non-hydrogen) atoms. The summed E-state index contributed by atoms with van der Waals surface area (Å²) < 4.78 is 7.13. The van der Waals surface area contributed by atoms with Crippen molar-refractivity contribution in [1.82, 2.24) is 29.9 Å². The minimum atomic E-state index is 0.385. The summed E-state index contributed by atoms with van der Waals surface area (Å²) in [5, 5.41) is 11.2. The van der Waals surface area contributed by atoms with Crippen LogP contribution in [0.15, 0.2) is 16.7 Å². The van der Waals surface area contributed by atoms with Crippen LogP contribution in [0, 0.1) is 13.8 Å². The highest BCUT2D eigenvalue weighted by Gasteiger charge is 2.14. The molecule has 0 spiro atoms. The van der Waals surface area contributed by atoms with Crippen molar-refractivity contribution in [2.75, 3.05) is 12.4 Å². The standard InChI is InChI=1S/C14H17N7O/c1-8-6-11(17-14(15-3)16-8)13-18-12(20-22-13)7-10-5-9(2)19-21(10)4/h5-6H,7H2,1-4H3,(H,15,16,17). The van der Waals surface area contributed by atoms with E-state index in [1.54, 1.807) is 7.05 Å². The molecule has 8 nitrogen and oxygen atoms in total. The Morgan fingerprint density at radius 1 is 1.14 bits per heavy atom. The van der Waals surface area contributed by atoms with E-state index in [-0.39, 0.29) is 0 Å². The lowest BCUT2D eigenvalue weighted by Crippen LogP contribution is -2.01. The fourth-order valence-electron chi connectivity index (χ4n) is 2.21. The molecule has 3 rings (SSSR count). The van der Waals surface area contributed by atoms with Crippen LogP contribution >= 0.6 is 0 Å². The molecule has 3 aromatic rings. The predicted molar refractivity (Wildman–Crippen MR) is 80.4 cm³/mol. The lowest BCUT2D eigenvalue weighted by atomic mass is 10.3. The number of anilines is 1. The first-order chi connectivity index (χ1) is 10.5. The maximum absolute atomic E-state index is 5.32. The van der Waals surface area contributed by atoms with E-state index < -0.39 is 0 Å². The van der Waals surface area contributed by atoms with Crippen LogP contribution in [0.4, 0.5) is 5.95 Å². The molecule has 0 aliphatic carbocycles. The zero-order valence-corrected chi connectivity index (χ0v) is 13.0. The van der Waals surface area contributed by atoms with Gasteiger partial charge < -0.3 is 9.84 Å². The fraction of sp³-hybridized carbons (Fsp3) is 0.357. The lowest BCUT2D eigenvalue weighted by Gasteiger charge is -2.01. The number of rotatable bonds is 4. The van der Waals surface area contributed by atoms with E-state index in [2.05, 4.69) is 30.5 Å². The van der Waals surface area contributed by atoms with Crippen molar-refractivity contribution in [3.63, 3.8) is 0 Å². The number of hydrogen-bond acceptors (Lipinski definition) is 7. The molecular weight excluding hydrogens is 282 g/mol. The van der Waals surface area contributed by atoms with Gasteiger partial charge in [0.05, 0.1) is 12.1 Å². The van der Waals surface area contributed by atoms with Gasteiger partial charge in [0.1, 0.15) is 5.69 Å². The zero-order valence-electron chi connectivity index (χ0n) is 13.0. The summed E-state index contributed by atoms with van der Waals surface area (Å²) in [7, 11) is 3.67. The van der Waals surface area contributed by atoms with E-state index in [0.717, 1.165) is 17.1 Å². The Bertz CT molecular complexity index is 805. The molecule has 0 aromatic carbocycles. The summed E-state index contributed by atoms with van der Waals surface area (Å²) in [5.41, 5.74) is 3.43. The second kappa shape index (κ2) is 5.55. The van der Waals surface area contributed by atoms with Crippen LogP contribution in [0.2, 0.25) is 0 Å². The van der Waals surface area contributed by atoms with E-state index in [1.165, 1.54) is 0 Å². The van der Waals surface area contributed by atoms with E-state index in [4.69, 9.17) is 4.52 Å². The number of nitrogens with one attached hydrogen (secondary N) is 1. The highest BCUT2D eigenvalue weighted by atomic mass is 16.5. The molecular formula is C14H17N7O. The molecule has 1 N–H and O–H groups in total. The molecule has 0 aliphatic heterocycles. The molecule has 3 heterocycles. The van der Waals surface area contributed by atoms with E-state index >= 15 is 0 Å². The van der Waals surface area contributed by atoms with Crippen LogP contribution in [-0.4, -0.2) is 36.9 Å². The molecule has 0 unspecified atom stereocenters. The van der Waals surface area contributed by atoms with Gasteiger partial charge in [0.2, 0.25) is 5.95 Å². The Labute approximate surface area is 127 Å². The first-order valence-corrected chi connectivity index (χ1v) is 6.91. The monoisotopic (exact) mass is 299 g/mol. The van der Waals surface area contributed by atoms with Crippen LogP contribution in [-0.2, 0) is 13.5 Å². The average molecular weight is 299 g/mol. The Morgan fingerprint density at radius 3 is 2.64 bits per heavy atom. The van der Waals surface area contributed by atoms with E-state index in [0.29, 0.717) is 29.8 Å². The maximum Gasteiger partial charge on any atom is 0.276 e. The smallest absolute Gasteiger partial charge is 0.276 e. The van der Waals surface area contributed by atoms with E-state index in [9.17, 15) is 0 Å². The zero-order chi connectivity index (χ0) is 15.7. The predicted octanol–water partition coefficient (Wildman–Crippen LogP) is 1.51. The minimum Gasteiger partial charge on any atom is -0.357 e. The van der Waals surface area contributed by atoms with Crippen molar-refractivity contribution in [1.29, 1.82) is 0 Å². The third-order valence-electron chi connectivity index (χ3n) is 3.20. The van der Waals surface area contributed by atoms with Gasteiger partial charge in [-0.15, -0.1) is 0 Å². The Kier molecular flexibility index (Phi) is 3.58. The fourth-order valence-corrected chi connectivity index (χ4v) is 2.21. The lowest BCUT2D eigenvalue weighted by molar-refractivity contribution is 0.422. The molecule has 114 valence electrons. The summed E-state index contributed by atoms with van der Waals surface area (Å²) in [4.78, 5) is 13.0. The van der Waals surface area contributed by atoms with Gasteiger partial charge in [-0.1, -0.05) is 5.16 Å². The van der Waals surface area contributed by atoms with Gasteiger partial charge in [0, 0.05) is 25.5 Å². The van der Waals surface area contributed by atoms with Crippen LogP contribution < -0.4 is 5.32 Å². The number of aromatic nitrogens is 6. The van der Waals surface area contributed by atoms with Gasteiger partial charge >= 0.3 is 0 Å². The molecule has 0 saturated heterocycles. The van der Waals surface area contributed by atoms with Crippen molar-refractivity contribution in [2.24, 2.45) is 7.05 Å².